The second-order valence-corrected chi connectivity index (χ2v) is 4.42. The van der Waals surface area contributed by atoms with E-state index in [4.69, 9.17) is 5.73 Å². The van der Waals surface area contributed by atoms with Crippen LogP contribution in [0.2, 0.25) is 0 Å². The van der Waals surface area contributed by atoms with Crippen LogP contribution in [-0.4, -0.2) is 28.8 Å². The molecule has 1 aromatic rings. The molecule has 2 N–H and O–H groups in total. The van der Waals surface area contributed by atoms with Gasteiger partial charge >= 0.3 is 0 Å². The van der Waals surface area contributed by atoms with Crippen LogP contribution in [0.3, 0.4) is 0 Å². The second-order valence-electron chi connectivity index (χ2n) is 4.42. The number of carbonyl (C=O) groups is 1. The molecule has 6 nitrogen and oxygen atoms in total. The van der Waals surface area contributed by atoms with Crippen molar-refractivity contribution in [3.63, 3.8) is 0 Å². The Morgan fingerprint density at radius 3 is 2.50 bits per heavy atom. The molecule has 0 atom stereocenters. The van der Waals surface area contributed by atoms with Crippen molar-refractivity contribution in [1.29, 1.82) is 0 Å². The Labute approximate surface area is 105 Å². The molecule has 0 aromatic heterocycles. The van der Waals surface area contributed by atoms with Gasteiger partial charge in [-0.25, -0.2) is 0 Å². The monoisotopic (exact) mass is 249 g/mol. The Morgan fingerprint density at radius 1 is 1.22 bits per heavy atom. The number of likely N-dealkylation sites (tertiary alicyclic amines) is 1. The largest absolute Gasteiger partial charge is 0.399 e. The fraction of sp³-hybridized carbons (Fsp3) is 0.417. The van der Waals surface area contributed by atoms with Gasteiger partial charge in [0.2, 0.25) is 0 Å². The molecule has 1 fully saturated rings. The first-order valence-electron chi connectivity index (χ1n) is 5.92. The minimum atomic E-state index is -0.538. The first-order chi connectivity index (χ1) is 8.58. The summed E-state index contributed by atoms with van der Waals surface area (Å²) in [6, 6.07) is 4.03. The standard InChI is InChI=1S/C12H15N3O3/c13-10-6-9(7-11(8-10)15(17)18)12(16)14-4-2-1-3-5-14/h6-8H,1-5,13H2. The Bertz CT molecular complexity index is 481. The van der Waals surface area contributed by atoms with Gasteiger partial charge in [0.1, 0.15) is 0 Å². The fourth-order valence-electron chi connectivity index (χ4n) is 2.14. The van der Waals surface area contributed by atoms with E-state index in [1.807, 2.05) is 0 Å². The highest BCUT2D eigenvalue weighted by molar-refractivity contribution is 5.95. The van der Waals surface area contributed by atoms with Crippen molar-refractivity contribution >= 4 is 17.3 Å². The second kappa shape index (κ2) is 5.03. The van der Waals surface area contributed by atoms with Crippen LogP contribution in [0.4, 0.5) is 11.4 Å². The van der Waals surface area contributed by atoms with E-state index < -0.39 is 4.92 Å². The van der Waals surface area contributed by atoms with E-state index in [1.54, 1.807) is 4.90 Å². The summed E-state index contributed by atoms with van der Waals surface area (Å²) in [7, 11) is 0. The number of piperidine rings is 1. The number of non-ortho nitro benzene ring substituents is 1. The summed E-state index contributed by atoms with van der Waals surface area (Å²) in [5.74, 6) is -0.176. The lowest BCUT2D eigenvalue weighted by Crippen LogP contribution is -2.35. The van der Waals surface area contributed by atoms with E-state index in [-0.39, 0.29) is 17.3 Å². The van der Waals surface area contributed by atoms with E-state index in [2.05, 4.69) is 0 Å². The summed E-state index contributed by atoms with van der Waals surface area (Å²) in [6.07, 6.45) is 3.09. The number of benzene rings is 1. The Balaban J connectivity index is 2.26. The van der Waals surface area contributed by atoms with Gasteiger partial charge < -0.3 is 10.6 Å². The van der Waals surface area contributed by atoms with Crippen molar-refractivity contribution in [3.8, 4) is 0 Å². The maximum absolute atomic E-state index is 12.2. The first-order valence-corrected chi connectivity index (χ1v) is 5.92. The van der Waals surface area contributed by atoms with Gasteiger partial charge in [0, 0.05) is 36.5 Å². The molecule has 1 aliphatic rings. The van der Waals surface area contributed by atoms with Gasteiger partial charge in [-0.15, -0.1) is 0 Å². The SMILES string of the molecule is Nc1cc(C(=O)N2CCCCC2)cc([N+](=O)[O-])c1. The van der Waals surface area contributed by atoms with Crippen LogP contribution in [0.1, 0.15) is 29.6 Å². The van der Waals surface area contributed by atoms with Gasteiger partial charge in [-0.2, -0.15) is 0 Å². The predicted molar refractivity (Wildman–Crippen MR) is 67.3 cm³/mol. The number of anilines is 1. The summed E-state index contributed by atoms with van der Waals surface area (Å²) in [4.78, 5) is 24.1. The Kier molecular flexibility index (Phi) is 3.45. The molecule has 2 rings (SSSR count). The molecule has 18 heavy (non-hydrogen) atoms. The van der Waals surface area contributed by atoms with Crippen LogP contribution in [-0.2, 0) is 0 Å². The van der Waals surface area contributed by atoms with Crippen LogP contribution in [0, 0.1) is 10.1 Å². The number of rotatable bonds is 2. The molecule has 6 heteroatoms. The molecule has 96 valence electrons. The lowest BCUT2D eigenvalue weighted by Gasteiger charge is -2.26. The van der Waals surface area contributed by atoms with Crippen molar-refractivity contribution in [1.82, 2.24) is 4.90 Å². The van der Waals surface area contributed by atoms with E-state index in [0.29, 0.717) is 18.7 Å². The zero-order valence-corrected chi connectivity index (χ0v) is 9.96. The molecule has 1 aromatic carbocycles. The van der Waals surface area contributed by atoms with Gasteiger partial charge in [0.25, 0.3) is 11.6 Å². The van der Waals surface area contributed by atoms with E-state index in [9.17, 15) is 14.9 Å². The third-order valence-corrected chi connectivity index (χ3v) is 3.04. The fourth-order valence-corrected chi connectivity index (χ4v) is 2.14. The molecule has 1 aliphatic heterocycles. The van der Waals surface area contributed by atoms with Crippen LogP contribution in [0.5, 0.6) is 0 Å². The maximum Gasteiger partial charge on any atom is 0.272 e. The minimum Gasteiger partial charge on any atom is -0.399 e. The smallest absolute Gasteiger partial charge is 0.272 e. The lowest BCUT2D eigenvalue weighted by molar-refractivity contribution is -0.384. The number of carbonyl (C=O) groups excluding carboxylic acids is 1. The third kappa shape index (κ3) is 2.58. The summed E-state index contributed by atoms with van der Waals surface area (Å²) in [5, 5.41) is 10.7. The highest BCUT2D eigenvalue weighted by Gasteiger charge is 2.20. The van der Waals surface area contributed by atoms with Crippen molar-refractivity contribution in [2.24, 2.45) is 0 Å². The topological polar surface area (TPSA) is 89.5 Å². The zero-order valence-electron chi connectivity index (χ0n) is 9.96. The van der Waals surface area contributed by atoms with Crippen LogP contribution >= 0.6 is 0 Å². The highest BCUT2D eigenvalue weighted by atomic mass is 16.6. The highest BCUT2D eigenvalue weighted by Crippen LogP contribution is 2.21. The average Bonchev–Trinajstić information content (AvgIpc) is 2.38. The van der Waals surface area contributed by atoms with Gasteiger partial charge in [0.15, 0.2) is 0 Å². The predicted octanol–water partition coefficient (Wildman–Crippen LogP) is 1.80. The number of amides is 1. The lowest BCUT2D eigenvalue weighted by atomic mass is 10.1. The average molecular weight is 249 g/mol. The number of nitrogens with zero attached hydrogens (tertiary/aromatic N) is 2. The number of hydrogen-bond donors (Lipinski definition) is 1. The van der Waals surface area contributed by atoms with Crippen molar-refractivity contribution < 1.29 is 9.72 Å². The number of nitrogen functional groups attached to an aromatic ring is 1. The Morgan fingerprint density at radius 2 is 1.89 bits per heavy atom. The minimum absolute atomic E-state index is 0.143. The van der Waals surface area contributed by atoms with Gasteiger partial charge in [-0.05, 0) is 25.3 Å². The van der Waals surface area contributed by atoms with Crippen LogP contribution < -0.4 is 5.73 Å². The molecular formula is C12H15N3O3. The summed E-state index contributed by atoms with van der Waals surface area (Å²) in [5.41, 5.74) is 5.98. The van der Waals surface area contributed by atoms with Gasteiger partial charge in [-0.3, -0.25) is 14.9 Å². The van der Waals surface area contributed by atoms with Crippen molar-refractivity contribution in [2.45, 2.75) is 19.3 Å². The number of hydrogen-bond acceptors (Lipinski definition) is 4. The van der Waals surface area contributed by atoms with Gasteiger partial charge in [0.05, 0.1) is 4.92 Å². The van der Waals surface area contributed by atoms with Gasteiger partial charge in [-0.1, -0.05) is 0 Å². The molecule has 0 unspecified atom stereocenters. The number of nitro groups is 1. The quantitative estimate of drug-likeness (QED) is 0.491. The molecule has 1 saturated heterocycles. The first kappa shape index (κ1) is 12.3. The normalized spacial score (nSPS) is 15.4. The number of nitro benzene ring substituents is 1. The third-order valence-electron chi connectivity index (χ3n) is 3.04. The molecular weight excluding hydrogens is 234 g/mol. The Hall–Kier alpha value is -2.11. The molecule has 0 aliphatic carbocycles. The van der Waals surface area contributed by atoms with Crippen LogP contribution in [0.25, 0.3) is 0 Å². The van der Waals surface area contributed by atoms with E-state index in [1.165, 1.54) is 18.2 Å². The summed E-state index contributed by atoms with van der Waals surface area (Å²) in [6.45, 7) is 1.42. The molecule has 0 spiro atoms. The van der Waals surface area contributed by atoms with Crippen molar-refractivity contribution in [3.05, 3.63) is 33.9 Å². The molecule has 0 saturated carbocycles. The van der Waals surface area contributed by atoms with Crippen molar-refractivity contribution in [2.75, 3.05) is 18.8 Å². The summed E-state index contributed by atoms with van der Waals surface area (Å²) >= 11 is 0. The maximum atomic E-state index is 12.2. The molecule has 1 heterocycles. The molecule has 1 amide bonds. The molecule has 0 bridgehead atoms. The van der Waals surface area contributed by atoms with Crippen LogP contribution in [0.15, 0.2) is 18.2 Å². The van der Waals surface area contributed by atoms with E-state index in [0.717, 1.165) is 19.3 Å². The molecule has 0 radical (unpaired) electrons. The van der Waals surface area contributed by atoms with E-state index >= 15 is 0 Å². The number of nitrogens with two attached hydrogens (primary N) is 1. The summed E-state index contributed by atoms with van der Waals surface area (Å²) < 4.78 is 0. The zero-order chi connectivity index (χ0) is 13.1.